The highest BCUT2D eigenvalue weighted by Gasteiger charge is 2.30. The van der Waals surface area contributed by atoms with Gasteiger partial charge in [0.2, 0.25) is 0 Å². The van der Waals surface area contributed by atoms with E-state index in [9.17, 15) is 5.11 Å². The lowest BCUT2D eigenvalue weighted by atomic mass is 9.85. The third-order valence-electron chi connectivity index (χ3n) is 5.69. The zero-order valence-corrected chi connectivity index (χ0v) is 19.4. The Hall–Kier alpha value is -0.860. The largest absolute Gasteiger partial charge is 0.388 e. The third kappa shape index (κ3) is 7.19. The first-order valence-electron chi connectivity index (χ1n) is 10.6. The summed E-state index contributed by atoms with van der Waals surface area (Å²) in [6.07, 6.45) is 6.37. The molecule has 5 nitrogen and oxygen atoms in total. The number of aliphatic imine (C=N–C) groups is 1. The molecule has 1 aliphatic carbocycles. The average molecular weight is 501 g/mol. The van der Waals surface area contributed by atoms with Gasteiger partial charge in [-0.05, 0) is 31.7 Å². The number of nitrogens with one attached hydrogen (secondary N) is 1. The molecule has 2 aliphatic rings. The topological polar surface area (TPSA) is 57.1 Å². The van der Waals surface area contributed by atoms with Crippen molar-refractivity contribution in [3.05, 3.63) is 35.9 Å². The summed E-state index contributed by atoms with van der Waals surface area (Å²) in [4.78, 5) is 7.12. The molecule has 0 amide bonds. The van der Waals surface area contributed by atoms with E-state index in [-0.39, 0.29) is 24.0 Å². The van der Waals surface area contributed by atoms with Crippen LogP contribution in [0.3, 0.4) is 0 Å². The van der Waals surface area contributed by atoms with Crippen molar-refractivity contribution < 1.29 is 9.84 Å². The molecule has 0 radical (unpaired) electrons. The van der Waals surface area contributed by atoms with E-state index < -0.39 is 5.60 Å². The minimum atomic E-state index is -0.600. The predicted octanol–water partition coefficient (Wildman–Crippen LogP) is 3.80. The van der Waals surface area contributed by atoms with Crippen LogP contribution in [-0.4, -0.2) is 54.4 Å². The van der Waals surface area contributed by atoms with Crippen LogP contribution >= 0.6 is 24.0 Å². The normalized spacial score (nSPS) is 22.0. The molecule has 1 aromatic rings. The van der Waals surface area contributed by atoms with E-state index in [0.717, 1.165) is 64.3 Å². The molecule has 1 heterocycles. The molecule has 28 heavy (non-hydrogen) atoms. The van der Waals surface area contributed by atoms with Crippen molar-refractivity contribution in [3.63, 3.8) is 0 Å². The summed E-state index contributed by atoms with van der Waals surface area (Å²) in [6, 6.07) is 10.3. The maximum atomic E-state index is 10.7. The van der Waals surface area contributed by atoms with E-state index in [1.54, 1.807) is 0 Å². The number of hydrogen-bond donors (Lipinski definition) is 2. The number of rotatable bonds is 7. The van der Waals surface area contributed by atoms with E-state index in [1.807, 2.05) is 6.07 Å². The molecule has 1 aromatic carbocycles. The van der Waals surface area contributed by atoms with Crippen LogP contribution in [0.1, 0.15) is 51.0 Å². The van der Waals surface area contributed by atoms with E-state index in [0.29, 0.717) is 19.1 Å². The van der Waals surface area contributed by atoms with Gasteiger partial charge in [-0.15, -0.1) is 24.0 Å². The maximum absolute atomic E-state index is 10.7. The van der Waals surface area contributed by atoms with E-state index in [2.05, 4.69) is 41.4 Å². The van der Waals surface area contributed by atoms with Crippen LogP contribution in [0.5, 0.6) is 0 Å². The maximum Gasteiger partial charge on any atom is 0.194 e. The number of likely N-dealkylation sites (tertiary alicyclic amines) is 1. The van der Waals surface area contributed by atoms with Gasteiger partial charge in [-0.1, -0.05) is 49.6 Å². The van der Waals surface area contributed by atoms with Crippen LogP contribution in [0.2, 0.25) is 0 Å². The zero-order valence-electron chi connectivity index (χ0n) is 17.1. The molecule has 0 spiro atoms. The molecule has 0 bridgehead atoms. The van der Waals surface area contributed by atoms with Gasteiger partial charge in [0.1, 0.15) is 0 Å². The first kappa shape index (κ1) is 23.4. The minimum absolute atomic E-state index is 0. The van der Waals surface area contributed by atoms with Gasteiger partial charge >= 0.3 is 0 Å². The van der Waals surface area contributed by atoms with Gasteiger partial charge in [0.15, 0.2) is 5.96 Å². The van der Waals surface area contributed by atoms with Crippen LogP contribution in [0.4, 0.5) is 0 Å². The molecule has 2 fully saturated rings. The average Bonchev–Trinajstić information content (AvgIpc) is 3.15. The highest BCUT2D eigenvalue weighted by Crippen LogP contribution is 2.28. The predicted molar refractivity (Wildman–Crippen MR) is 125 cm³/mol. The highest BCUT2D eigenvalue weighted by atomic mass is 127. The van der Waals surface area contributed by atoms with Crippen LogP contribution in [-0.2, 0) is 11.3 Å². The SMILES string of the molecule is CCNC(=NCC1(O)CCCCC1)N1CCC(COCc2ccccc2)C1.I. The van der Waals surface area contributed by atoms with Crippen LogP contribution in [0.25, 0.3) is 0 Å². The second-order valence-corrected chi connectivity index (χ2v) is 8.06. The monoisotopic (exact) mass is 501 g/mol. The zero-order chi connectivity index (χ0) is 19.0. The molecule has 1 saturated carbocycles. The van der Waals surface area contributed by atoms with Crippen LogP contribution in [0, 0.1) is 5.92 Å². The first-order valence-corrected chi connectivity index (χ1v) is 10.6. The van der Waals surface area contributed by atoms with Crippen molar-refractivity contribution in [3.8, 4) is 0 Å². The molecular formula is C22H36IN3O2. The Labute approximate surface area is 187 Å². The summed E-state index contributed by atoms with van der Waals surface area (Å²) in [6.45, 7) is 6.90. The third-order valence-corrected chi connectivity index (χ3v) is 5.69. The summed E-state index contributed by atoms with van der Waals surface area (Å²) >= 11 is 0. The molecule has 1 atom stereocenters. The highest BCUT2D eigenvalue weighted by molar-refractivity contribution is 14.0. The van der Waals surface area contributed by atoms with Gasteiger partial charge in [-0.25, -0.2) is 0 Å². The van der Waals surface area contributed by atoms with Crippen molar-refractivity contribution in [2.24, 2.45) is 10.9 Å². The minimum Gasteiger partial charge on any atom is -0.388 e. The molecule has 1 aliphatic heterocycles. The fourth-order valence-electron chi connectivity index (χ4n) is 4.09. The van der Waals surface area contributed by atoms with Gasteiger partial charge in [0.05, 0.1) is 25.4 Å². The van der Waals surface area contributed by atoms with Crippen LogP contribution in [0.15, 0.2) is 35.3 Å². The summed E-state index contributed by atoms with van der Waals surface area (Å²) in [7, 11) is 0. The summed E-state index contributed by atoms with van der Waals surface area (Å²) < 4.78 is 5.94. The summed E-state index contributed by atoms with van der Waals surface area (Å²) in [5.41, 5.74) is 0.625. The van der Waals surface area contributed by atoms with Crippen molar-refractivity contribution in [1.29, 1.82) is 0 Å². The first-order chi connectivity index (χ1) is 13.2. The second kappa shape index (κ2) is 12.0. The Morgan fingerprint density at radius 1 is 1.25 bits per heavy atom. The summed E-state index contributed by atoms with van der Waals surface area (Å²) in [5, 5.41) is 14.1. The lowest BCUT2D eigenvalue weighted by Gasteiger charge is -2.31. The van der Waals surface area contributed by atoms with Crippen molar-refractivity contribution in [2.75, 3.05) is 32.8 Å². The van der Waals surface area contributed by atoms with Gasteiger partial charge in [0, 0.05) is 25.6 Å². The molecule has 158 valence electrons. The van der Waals surface area contributed by atoms with Crippen molar-refractivity contribution in [1.82, 2.24) is 10.2 Å². The Kier molecular flexibility index (Phi) is 10.0. The Bertz CT molecular complexity index is 591. The Morgan fingerprint density at radius 3 is 2.71 bits per heavy atom. The van der Waals surface area contributed by atoms with E-state index in [4.69, 9.17) is 9.73 Å². The fraction of sp³-hybridized carbons (Fsp3) is 0.682. The molecule has 1 saturated heterocycles. The quantitative estimate of drug-likeness (QED) is 0.339. The number of nitrogens with zero attached hydrogens (tertiary/aromatic N) is 2. The van der Waals surface area contributed by atoms with Gasteiger partial charge in [0.25, 0.3) is 0 Å². The number of hydrogen-bond acceptors (Lipinski definition) is 3. The molecule has 3 rings (SSSR count). The standard InChI is InChI=1S/C22H35N3O2.HI/c1-2-23-21(24-18-22(26)12-7-4-8-13-22)25-14-11-20(15-25)17-27-16-19-9-5-3-6-10-19;/h3,5-6,9-10,20,26H,2,4,7-8,11-18H2,1H3,(H,23,24);1H. The van der Waals surface area contributed by atoms with Crippen LogP contribution < -0.4 is 5.32 Å². The smallest absolute Gasteiger partial charge is 0.194 e. The summed E-state index contributed by atoms with van der Waals surface area (Å²) in [5.74, 6) is 1.48. The lowest BCUT2D eigenvalue weighted by Crippen LogP contribution is -2.42. The number of benzene rings is 1. The van der Waals surface area contributed by atoms with Gasteiger partial charge in [-0.3, -0.25) is 4.99 Å². The Balaban J connectivity index is 0.00000280. The molecule has 1 unspecified atom stereocenters. The van der Waals surface area contributed by atoms with Crippen molar-refractivity contribution >= 4 is 29.9 Å². The Morgan fingerprint density at radius 2 is 2.00 bits per heavy atom. The molecular weight excluding hydrogens is 465 g/mol. The van der Waals surface area contributed by atoms with Crippen molar-refractivity contribution in [2.45, 2.75) is 57.7 Å². The number of aliphatic hydroxyl groups is 1. The molecule has 0 aromatic heterocycles. The number of guanidine groups is 1. The van der Waals surface area contributed by atoms with Gasteiger partial charge < -0.3 is 20.1 Å². The fourth-order valence-corrected chi connectivity index (χ4v) is 4.09. The van der Waals surface area contributed by atoms with E-state index >= 15 is 0 Å². The second-order valence-electron chi connectivity index (χ2n) is 8.06. The van der Waals surface area contributed by atoms with E-state index in [1.165, 1.54) is 12.0 Å². The number of halogens is 1. The number of ether oxygens (including phenoxy) is 1. The van der Waals surface area contributed by atoms with Gasteiger partial charge in [-0.2, -0.15) is 0 Å². The molecule has 2 N–H and O–H groups in total. The lowest BCUT2D eigenvalue weighted by molar-refractivity contribution is 0.0130. The molecule has 6 heteroatoms.